The summed E-state index contributed by atoms with van der Waals surface area (Å²) in [5.74, 6) is 0.813. The number of nitrogens with one attached hydrogen (secondary N) is 2. The van der Waals surface area contributed by atoms with Gasteiger partial charge >= 0.3 is 0 Å². The first-order chi connectivity index (χ1) is 9.13. The lowest BCUT2D eigenvalue weighted by Crippen LogP contribution is -2.29. The molecule has 1 aromatic heterocycles. The molecule has 0 radical (unpaired) electrons. The molecule has 2 N–H and O–H groups in total. The van der Waals surface area contributed by atoms with Crippen molar-refractivity contribution in [2.24, 2.45) is 5.92 Å². The Morgan fingerprint density at radius 1 is 1.47 bits per heavy atom. The summed E-state index contributed by atoms with van der Waals surface area (Å²) >= 11 is 1.36. The van der Waals surface area contributed by atoms with Crippen molar-refractivity contribution in [3.05, 3.63) is 0 Å². The van der Waals surface area contributed by atoms with Crippen LogP contribution < -0.4 is 10.6 Å². The topological polar surface area (TPSA) is 84.7 Å². The molecule has 1 aromatic rings. The predicted molar refractivity (Wildman–Crippen MR) is 74.9 cm³/mol. The highest BCUT2D eigenvalue weighted by atomic mass is 32.2. The average Bonchev–Trinajstić information content (AvgIpc) is 2.82. The summed E-state index contributed by atoms with van der Waals surface area (Å²) in [6, 6.07) is 0. The molecule has 0 aliphatic heterocycles. The number of thioether (sulfide) groups is 1. The van der Waals surface area contributed by atoms with Crippen LogP contribution in [0.4, 0.5) is 0 Å². The second-order valence-corrected chi connectivity index (χ2v) is 5.47. The molecule has 1 amide bonds. The number of hydrogen-bond donors (Lipinski definition) is 2. The molecule has 0 atom stereocenters. The zero-order chi connectivity index (χ0) is 14.1. The lowest BCUT2D eigenvalue weighted by molar-refractivity contribution is -0.118. The molecule has 0 unspecified atom stereocenters. The van der Waals surface area contributed by atoms with Crippen LogP contribution in [0.15, 0.2) is 5.16 Å². The highest BCUT2D eigenvalue weighted by Gasteiger charge is 2.09. The number of nitrogens with zero attached hydrogens (tertiary/aromatic N) is 4. The van der Waals surface area contributed by atoms with Crippen LogP contribution in [0, 0.1) is 5.92 Å². The lowest BCUT2D eigenvalue weighted by atomic mass is 10.2. The van der Waals surface area contributed by atoms with Gasteiger partial charge in [0.2, 0.25) is 11.1 Å². The van der Waals surface area contributed by atoms with E-state index in [4.69, 9.17) is 0 Å². The highest BCUT2D eigenvalue weighted by Crippen LogP contribution is 2.12. The van der Waals surface area contributed by atoms with Crippen LogP contribution in [0.5, 0.6) is 0 Å². The minimum absolute atomic E-state index is 0.0138. The number of likely N-dealkylation sites (N-methyl/N-ethyl adjacent to an activating group) is 1. The van der Waals surface area contributed by atoms with E-state index < -0.39 is 0 Å². The average molecular weight is 286 g/mol. The number of tetrazole rings is 1. The maximum Gasteiger partial charge on any atom is 0.230 e. The molecule has 7 nitrogen and oxygen atoms in total. The Balaban J connectivity index is 2.32. The Morgan fingerprint density at radius 3 is 2.95 bits per heavy atom. The van der Waals surface area contributed by atoms with Crippen LogP contribution >= 0.6 is 11.8 Å². The number of hydrogen-bond acceptors (Lipinski definition) is 6. The Kier molecular flexibility index (Phi) is 7.42. The zero-order valence-electron chi connectivity index (χ0n) is 11.7. The quantitative estimate of drug-likeness (QED) is 0.496. The molecule has 0 aromatic carbocycles. The maximum atomic E-state index is 11.6. The molecular formula is C11H22N6OS. The van der Waals surface area contributed by atoms with Crippen LogP contribution in [-0.2, 0) is 11.3 Å². The van der Waals surface area contributed by atoms with E-state index in [-0.39, 0.29) is 5.91 Å². The SMILES string of the molecule is CCNCCn1nnnc1SCC(=O)NCC(C)C. The Bertz CT molecular complexity index is 381. The summed E-state index contributed by atoms with van der Waals surface area (Å²) in [7, 11) is 0. The van der Waals surface area contributed by atoms with Gasteiger partial charge in [-0.1, -0.05) is 32.5 Å². The lowest BCUT2D eigenvalue weighted by Gasteiger charge is -2.07. The number of aromatic nitrogens is 4. The van der Waals surface area contributed by atoms with E-state index in [9.17, 15) is 4.79 Å². The summed E-state index contributed by atoms with van der Waals surface area (Å²) in [6.07, 6.45) is 0. The van der Waals surface area contributed by atoms with Gasteiger partial charge in [-0.25, -0.2) is 4.68 Å². The minimum Gasteiger partial charge on any atom is -0.355 e. The van der Waals surface area contributed by atoms with E-state index in [1.165, 1.54) is 11.8 Å². The molecule has 108 valence electrons. The van der Waals surface area contributed by atoms with Crippen molar-refractivity contribution in [1.29, 1.82) is 0 Å². The molecule has 0 spiro atoms. The van der Waals surface area contributed by atoms with Gasteiger partial charge in [-0.2, -0.15) is 0 Å². The monoisotopic (exact) mass is 286 g/mol. The van der Waals surface area contributed by atoms with Crippen LogP contribution in [-0.4, -0.2) is 51.5 Å². The third-order valence-electron chi connectivity index (χ3n) is 2.29. The van der Waals surface area contributed by atoms with Crippen LogP contribution in [0.25, 0.3) is 0 Å². The summed E-state index contributed by atoms with van der Waals surface area (Å²) < 4.78 is 1.71. The van der Waals surface area contributed by atoms with Crippen LogP contribution in [0.2, 0.25) is 0 Å². The number of rotatable bonds is 9. The number of carbonyl (C=O) groups is 1. The smallest absolute Gasteiger partial charge is 0.230 e. The van der Waals surface area contributed by atoms with E-state index in [1.807, 2.05) is 6.92 Å². The van der Waals surface area contributed by atoms with Crippen molar-refractivity contribution in [2.75, 3.05) is 25.4 Å². The third kappa shape index (κ3) is 6.53. The predicted octanol–water partition coefficient (Wildman–Crippen LogP) is 0.147. The fourth-order valence-corrected chi connectivity index (χ4v) is 2.03. The van der Waals surface area contributed by atoms with Crippen LogP contribution in [0.3, 0.4) is 0 Å². The Morgan fingerprint density at radius 2 is 2.26 bits per heavy atom. The molecule has 0 saturated heterocycles. The van der Waals surface area contributed by atoms with Gasteiger partial charge in [-0.15, -0.1) is 5.10 Å². The highest BCUT2D eigenvalue weighted by molar-refractivity contribution is 7.99. The van der Waals surface area contributed by atoms with E-state index in [0.717, 1.165) is 13.1 Å². The maximum absolute atomic E-state index is 11.6. The third-order valence-corrected chi connectivity index (χ3v) is 3.25. The molecule has 0 bridgehead atoms. The number of amides is 1. The standard InChI is InChI=1S/C11H22N6OS/c1-4-12-5-6-17-11(14-15-16-17)19-8-10(18)13-7-9(2)3/h9,12H,4-8H2,1-3H3,(H,13,18). The molecule has 0 aliphatic rings. The van der Waals surface area contributed by atoms with Crippen molar-refractivity contribution in [1.82, 2.24) is 30.8 Å². The first-order valence-corrected chi connectivity index (χ1v) is 7.48. The van der Waals surface area contributed by atoms with Crippen molar-refractivity contribution in [3.8, 4) is 0 Å². The van der Waals surface area contributed by atoms with E-state index in [2.05, 4.69) is 40.0 Å². The molecule has 1 rings (SSSR count). The molecule has 0 fully saturated rings. The van der Waals surface area contributed by atoms with E-state index in [0.29, 0.717) is 29.9 Å². The van der Waals surface area contributed by atoms with E-state index in [1.54, 1.807) is 4.68 Å². The molecule has 1 heterocycles. The Hall–Kier alpha value is -1.15. The van der Waals surface area contributed by atoms with Crippen LogP contribution in [0.1, 0.15) is 20.8 Å². The second-order valence-electron chi connectivity index (χ2n) is 4.52. The largest absolute Gasteiger partial charge is 0.355 e. The van der Waals surface area contributed by atoms with Crippen molar-refractivity contribution in [2.45, 2.75) is 32.5 Å². The van der Waals surface area contributed by atoms with Gasteiger partial charge in [-0.3, -0.25) is 4.79 Å². The summed E-state index contributed by atoms with van der Waals surface area (Å²) in [5.41, 5.74) is 0. The second kappa shape index (κ2) is 8.87. The van der Waals surface area contributed by atoms with Gasteiger partial charge in [0.25, 0.3) is 0 Å². The van der Waals surface area contributed by atoms with Crippen molar-refractivity contribution < 1.29 is 4.79 Å². The molecular weight excluding hydrogens is 264 g/mol. The molecule has 8 heteroatoms. The summed E-state index contributed by atoms with van der Waals surface area (Å²) in [4.78, 5) is 11.6. The van der Waals surface area contributed by atoms with Crippen molar-refractivity contribution in [3.63, 3.8) is 0 Å². The summed E-state index contributed by atoms with van der Waals surface area (Å²) in [5, 5.41) is 18.2. The minimum atomic E-state index is 0.0138. The van der Waals surface area contributed by atoms with Gasteiger partial charge in [0, 0.05) is 13.1 Å². The van der Waals surface area contributed by atoms with E-state index >= 15 is 0 Å². The zero-order valence-corrected chi connectivity index (χ0v) is 12.5. The molecule has 0 saturated carbocycles. The first kappa shape index (κ1) is 15.9. The molecule has 19 heavy (non-hydrogen) atoms. The fraction of sp³-hybridized carbons (Fsp3) is 0.818. The fourth-order valence-electron chi connectivity index (χ4n) is 1.30. The number of carbonyl (C=O) groups excluding carboxylic acids is 1. The molecule has 0 aliphatic carbocycles. The normalized spacial score (nSPS) is 10.9. The van der Waals surface area contributed by atoms with Gasteiger partial charge < -0.3 is 10.6 Å². The van der Waals surface area contributed by atoms with Gasteiger partial charge in [-0.05, 0) is 22.9 Å². The van der Waals surface area contributed by atoms with Gasteiger partial charge in [0.15, 0.2) is 0 Å². The Labute approximate surface area is 117 Å². The summed E-state index contributed by atoms with van der Waals surface area (Å²) in [6.45, 7) is 9.32. The first-order valence-electron chi connectivity index (χ1n) is 6.49. The van der Waals surface area contributed by atoms with Gasteiger partial charge in [0.05, 0.1) is 12.3 Å². The van der Waals surface area contributed by atoms with Gasteiger partial charge in [0.1, 0.15) is 0 Å². The van der Waals surface area contributed by atoms with Crippen molar-refractivity contribution >= 4 is 17.7 Å².